The van der Waals surface area contributed by atoms with Gasteiger partial charge in [-0.15, -0.1) is 0 Å². The van der Waals surface area contributed by atoms with Gasteiger partial charge in [-0.1, -0.05) is 109 Å². The van der Waals surface area contributed by atoms with Crippen molar-refractivity contribution in [3.8, 4) is 16.8 Å². The number of fused-ring (bicyclic) bond motifs is 12. The molecule has 1 heterocycles. The highest BCUT2D eigenvalue weighted by molar-refractivity contribution is 6.16. The summed E-state index contributed by atoms with van der Waals surface area (Å²) in [5.41, 5.74) is 11.5. The second-order valence-electron chi connectivity index (χ2n) is 10.8. The summed E-state index contributed by atoms with van der Waals surface area (Å²) in [5, 5.41) is 2.47. The lowest BCUT2D eigenvalue weighted by atomic mass is 9.61. The second kappa shape index (κ2) is 7.68. The molecular formula is C38H23NO. The molecule has 0 amide bonds. The zero-order chi connectivity index (χ0) is 26.4. The number of rotatable bonds is 1. The van der Waals surface area contributed by atoms with Crippen LogP contribution in [0.4, 0.5) is 0 Å². The number of para-hydroxylation sites is 2. The lowest BCUT2D eigenvalue weighted by Crippen LogP contribution is -2.36. The van der Waals surface area contributed by atoms with Crippen molar-refractivity contribution in [3.05, 3.63) is 173 Å². The van der Waals surface area contributed by atoms with E-state index >= 15 is 0 Å². The Labute approximate surface area is 231 Å². The van der Waals surface area contributed by atoms with Gasteiger partial charge in [0.25, 0.3) is 0 Å². The first-order chi connectivity index (χ1) is 19.8. The number of carbonyl (C=O) groups is 1. The summed E-state index contributed by atoms with van der Waals surface area (Å²) >= 11 is 0. The normalized spacial score (nSPS) is 14.2. The van der Waals surface area contributed by atoms with E-state index < -0.39 is 5.41 Å². The van der Waals surface area contributed by atoms with Crippen molar-refractivity contribution in [1.29, 1.82) is 0 Å². The van der Waals surface area contributed by atoms with E-state index in [0.29, 0.717) is 0 Å². The predicted molar refractivity (Wildman–Crippen MR) is 162 cm³/mol. The largest absolute Gasteiger partial charge is 0.309 e. The van der Waals surface area contributed by atoms with Gasteiger partial charge in [0.15, 0.2) is 5.78 Å². The molecule has 2 nitrogen and oxygen atoms in total. The SMILES string of the molecule is O=C1c2ccccc2C2(c3ccccc31)c1ccccc1-c1cc3c4ccccc4n(-c4ccccc4)c3cc12. The minimum atomic E-state index is -0.584. The fourth-order valence-electron chi connectivity index (χ4n) is 7.48. The molecule has 9 rings (SSSR count). The lowest BCUT2D eigenvalue weighted by molar-refractivity contribution is 0.103. The van der Waals surface area contributed by atoms with Crippen molar-refractivity contribution in [2.45, 2.75) is 5.41 Å². The first-order valence-corrected chi connectivity index (χ1v) is 13.7. The first kappa shape index (κ1) is 21.7. The summed E-state index contributed by atoms with van der Waals surface area (Å²) in [7, 11) is 0. The van der Waals surface area contributed by atoms with Gasteiger partial charge >= 0.3 is 0 Å². The summed E-state index contributed by atoms with van der Waals surface area (Å²) in [6, 6.07) is 49.3. The van der Waals surface area contributed by atoms with Gasteiger partial charge in [0.2, 0.25) is 0 Å². The maximum absolute atomic E-state index is 13.8. The molecule has 7 aromatic rings. The minimum Gasteiger partial charge on any atom is -0.309 e. The number of hydrogen-bond donors (Lipinski definition) is 0. The third-order valence-corrected chi connectivity index (χ3v) is 9.00. The molecule has 0 fully saturated rings. The maximum atomic E-state index is 13.8. The molecule has 0 N–H and O–H groups in total. The van der Waals surface area contributed by atoms with E-state index in [1.165, 1.54) is 44.1 Å². The van der Waals surface area contributed by atoms with Crippen molar-refractivity contribution < 1.29 is 4.79 Å². The maximum Gasteiger partial charge on any atom is 0.193 e. The third kappa shape index (κ3) is 2.51. The Morgan fingerprint density at radius 2 is 0.975 bits per heavy atom. The molecule has 0 atom stereocenters. The minimum absolute atomic E-state index is 0.0993. The Bertz CT molecular complexity index is 2130. The summed E-state index contributed by atoms with van der Waals surface area (Å²) in [4.78, 5) is 13.8. The fourth-order valence-corrected chi connectivity index (χ4v) is 7.48. The molecule has 0 radical (unpaired) electrons. The Morgan fingerprint density at radius 3 is 1.68 bits per heavy atom. The molecule has 0 saturated heterocycles. The molecule has 2 heteroatoms. The highest BCUT2D eigenvalue weighted by atomic mass is 16.1. The van der Waals surface area contributed by atoms with Gasteiger partial charge in [-0.05, 0) is 63.7 Å². The molecule has 2 aliphatic carbocycles. The molecule has 0 saturated carbocycles. The number of benzene rings is 6. The van der Waals surface area contributed by atoms with E-state index in [-0.39, 0.29) is 5.78 Å². The van der Waals surface area contributed by atoms with Gasteiger partial charge in [-0.3, -0.25) is 4.79 Å². The van der Waals surface area contributed by atoms with E-state index in [1.807, 2.05) is 24.3 Å². The summed E-state index contributed by atoms with van der Waals surface area (Å²) in [5.74, 6) is 0.0993. The van der Waals surface area contributed by atoms with Crippen molar-refractivity contribution in [1.82, 2.24) is 4.57 Å². The number of aromatic nitrogens is 1. The Hall–Kier alpha value is -5.21. The zero-order valence-electron chi connectivity index (χ0n) is 21.6. The predicted octanol–water partition coefficient (Wildman–Crippen LogP) is 8.69. The Kier molecular flexibility index (Phi) is 4.16. The molecule has 1 spiro atoms. The van der Waals surface area contributed by atoms with Crippen LogP contribution < -0.4 is 0 Å². The molecule has 0 bridgehead atoms. The van der Waals surface area contributed by atoms with Crippen LogP contribution in [-0.2, 0) is 5.41 Å². The number of nitrogens with zero attached hydrogens (tertiary/aromatic N) is 1. The van der Waals surface area contributed by atoms with E-state index in [4.69, 9.17) is 0 Å². The van der Waals surface area contributed by atoms with Crippen LogP contribution in [0.25, 0.3) is 38.6 Å². The van der Waals surface area contributed by atoms with Crippen LogP contribution in [0.1, 0.15) is 38.2 Å². The van der Waals surface area contributed by atoms with Gasteiger partial charge in [0.05, 0.1) is 16.4 Å². The Morgan fingerprint density at radius 1 is 0.425 bits per heavy atom. The van der Waals surface area contributed by atoms with Gasteiger partial charge in [-0.2, -0.15) is 0 Å². The van der Waals surface area contributed by atoms with Crippen LogP contribution in [0.15, 0.2) is 140 Å². The number of ketones is 1. The molecule has 186 valence electrons. The van der Waals surface area contributed by atoms with Gasteiger partial charge in [0.1, 0.15) is 0 Å². The molecule has 2 aliphatic rings. The molecule has 6 aromatic carbocycles. The van der Waals surface area contributed by atoms with Crippen LogP contribution in [0, 0.1) is 0 Å². The van der Waals surface area contributed by atoms with Gasteiger partial charge in [-0.25, -0.2) is 0 Å². The molecule has 0 unspecified atom stereocenters. The van der Waals surface area contributed by atoms with E-state index in [9.17, 15) is 4.79 Å². The summed E-state index contributed by atoms with van der Waals surface area (Å²) in [6.07, 6.45) is 0. The second-order valence-corrected chi connectivity index (χ2v) is 10.8. The number of hydrogen-bond acceptors (Lipinski definition) is 1. The van der Waals surface area contributed by atoms with Crippen LogP contribution in [0.5, 0.6) is 0 Å². The van der Waals surface area contributed by atoms with Crippen molar-refractivity contribution in [2.75, 3.05) is 0 Å². The topological polar surface area (TPSA) is 22.0 Å². The smallest absolute Gasteiger partial charge is 0.193 e. The average Bonchev–Trinajstić information content (AvgIpc) is 3.50. The van der Waals surface area contributed by atoms with Crippen molar-refractivity contribution in [2.24, 2.45) is 0 Å². The quantitative estimate of drug-likeness (QED) is 0.217. The van der Waals surface area contributed by atoms with E-state index in [2.05, 4.69) is 120 Å². The third-order valence-electron chi connectivity index (χ3n) is 9.00. The van der Waals surface area contributed by atoms with Crippen molar-refractivity contribution in [3.63, 3.8) is 0 Å². The Balaban J connectivity index is 1.51. The molecule has 40 heavy (non-hydrogen) atoms. The van der Waals surface area contributed by atoms with Gasteiger partial charge in [0, 0.05) is 27.6 Å². The van der Waals surface area contributed by atoms with Crippen LogP contribution in [0.3, 0.4) is 0 Å². The van der Waals surface area contributed by atoms with Crippen molar-refractivity contribution >= 4 is 27.6 Å². The monoisotopic (exact) mass is 509 g/mol. The number of carbonyl (C=O) groups excluding carboxylic acids is 1. The first-order valence-electron chi connectivity index (χ1n) is 13.7. The summed E-state index contributed by atoms with van der Waals surface area (Å²) < 4.78 is 2.38. The van der Waals surface area contributed by atoms with E-state index in [0.717, 1.165) is 27.9 Å². The molecular weight excluding hydrogens is 486 g/mol. The van der Waals surface area contributed by atoms with Gasteiger partial charge < -0.3 is 4.57 Å². The fraction of sp³-hybridized carbons (Fsp3) is 0.0263. The van der Waals surface area contributed by atoms with Crippen LogP contribution >= 0.6 is 0 Å². The zero-order valence-corrected chi connectivity index (χ0v) is 21.6. The highest BCUT2D eigenvalue weighted by Gasteiger charge is 2.51. The lowest BCUT2D eigenvalue weighted by Gasteiger charge is -2.39. The highest BCUT2D eigenvalue weighted by Crippen LogP contribution is 2.60. The standard InChI is InChI=1S/C38H23NO/c40-37-27-16-5-9-19-32(27)38(33-20-10-6-17-28(33)37)31-18-8-4-14-25(31)29-22-30-26-15-7-11-21-35(26)39(36(30)23-34(29)38)24-12-2-1-3-13-24/h1-23H. The van der Waals surface area contributed by atoms with Crippen LogP contribution in [-0.4, -0.2) is 10.4 Å². The van der Waals surface area contributed by atoms with Crippen LogP contribution in [0.2, 0.25) is 0 Å². The molecule has 0 aliphatic heterocycles. The van der Waals surface area contributed by atoms with E-state index in [1.54, 1.807) is 0 Å². The average molecular weight is 510 g/mol. The molecule has 1 aromatic heterocycles. The summed E-state index contributed by atoms with van der Waals surface area (Å²) in [6.45, 7) is 0.